The van der Waals surface area contributed by atoms with Gasteiger partial charge in [0, 0.05) is 33.8 Å². The average Bonchev–Trinajstić information content (AvgIpc) is 1.14. The first-order valence-corrected chi connectivity index (χ1v) is 4.59. The number of rotatable bonds is 2. The molecule has 12 heavy (non-hydrogen) atoms. The Balaban J connectivity index is -0.000000107. The molecule has 7 nitrogen and oxygen atoms in total. The van der Waals surface area contributed by atoms with Crippen molar-refractivity contribution >= 4 is 45.2 Å². The molecule has 0 aromatic heterocycles. The fourth-order valence-electron chi connectivity index (χ4n) is 0.139. The van der Waals surface area contributed by atoms with Crippen molar-refractivity contribution < 1.29 is 66.9 Å². The molecule has 0 amide bonds. The second kappa shape index (κ2) is 8.58. The average molecular weight is 317 g/mol. The molecule has 0 atom stereocenters. The van der Waals surface area contributed by atoms with E-state index in [1.807, 2.05) is 0 Å². The zero-order chi connectivity index (χ0) is 7.71. The van der Waals surface area contributed by atoms with Gasteiger partial charge >= 0.3 is 45.2 Å². The fourth-order valence-corrected chi connectivity index (χ4v) is 1.25. The molecule has 12 heteroatoms. The zero-order valence-corrected chi connectivity index (χ0v) is 8.53. The van der Waals surface area contributed by atoms with Crippen LogP contribution in [-0.4, -0.2) is 49.1 Å². The van der Waals surface area contributed by atoms with Gasteiger partial charge in [-0.3, -0.25) is 0 Å². The molecule has 0 saturated heterocycles. The van der Waals surface area contributed by atoms with Crippen molar-refractivity contribution in [3.63, 3.8) is 0 Å². The van der Waals surface area contributed by atoms with Crippen LogP contribution in [0.25, 0.3) is 0 Å². The van der Waals surface area contributed by atoms with E-state index in [1.165, 1.54) is 0 Å². The first-order valence-electron chi connectivity index (χ1n) is 1.53. The second-order valence-electron chi connectivity index (χ2n) is 1.06. The maximum absolute atomic E-state index is 9.63. The molecule has 0 heterocycles. The van der Waals surface area contributed by atoms with Crippen LogP contribution in [0.3, 0.4) is 0 Å². The Bertz CT molecular complexity index is 162. The zero-order valence-electron chi connectivity index (χ0n) is 4.59. The molecule has 75 valence electrons. The second-order valence-corrected chi connectivity index (χ2v) is 3.68. The Hall–Kier alpha value is 2.29. The van der Waals surface area contributed by atoms with Gasteiger partial charge in [0.15, 0.2) is 0 Å². The molecule has 4 N–H and O–H groups in total. The predicted octanol–water partition coefficient (Wildman–Crippen LogP) is -1.47. The third-order valence-electron chi connectivity index (χ3n) is 0.213. The van der Waals surface area contributed by atoms with Crippen molar-refractivity contribution in [1.29, 1.82) is 0 Å². The van der Waals surface area contributed by atoms with Gasteiger partial charge in [0.2, 0.25) is 0 Å². The summed E-state index contributed by atoms with van der Waals surface area (Å²) in [7, 11) is -10.1. The van der Waals surface area contributed by atoms with Crippen molar-refractivity contribution in [1.82, 2.24) is 0 Å². The van der Waals surface area contributed by atoms with E-state index in [0.717, 1.165) is 0 Å². The predicted molar refractivity (Wildman–Crippen MR) is 32.3 cm³/mol. The summed E-state index contributed by atoms with van der Waals surface area (Å²) in [6.45, 7) is 0. The van der Waals surface area contributed by atoms with Crippen molar-refractivity contribution in [3.05, 3.63) is 0 Å². The normalized spacial score (nSPS) is 10.3. The van der Waals surface area contributed by atoms with E-state index in [2.05, 4.69) is 4.31 Å². The van der Waals surface area contributed by atoms with Crippen LogP contribution >= 0.6 is 15.6 Å². The third-order valence-corrected chi connectivity index (χ3v) is 1.91. The molecule has 0 aliphatic carbocycles. The molecule has 0 spiro atoms. The molecule has 0 aliphatic rings. The molecule has 0 aromatic carbocycles. The van der Waals surface area contributed by atoms with Crippen LogP contribution in [0.1, 0.15) is 0 Å². The van der Waals surface area contributed by atoms with Gasteiger partial charge in [-0.1, -0.05) is 0 Å². The number of phosphoric acid groups is 2. The van der Waals surface area contributed by atoms with Crippen molar-refractivity contribution in [2.24, 2.45) is 0 Å². The molecule has 0 aromatic rings. The minimum atomic E-state index is -5.05. The van der Waals surface area contributed by atoms with Crippen LogP contribution in [0, 0.1) is 0 Å². The van der Waals surface area contributed by atoms with E-state index >= 15 is 0 Å². The van der Waals surface area contributed by atoms with Gasteiger partial charge in [0.25, 0.3) is 0 Å². The van der Waals surface area contributed by atoms with Gasteiger partial charge < -0.3 is 19.6 Å². The number of hydrogen-bond donors (Lipinski definition) is 4. The van der Waals surface area contributed by atoms with Gasteiger partial charge in [0.05, 0.1) is 0 Å². The minimum absolute atomic E-state index is 0. The molecule has 0 unspecified atom stereocenters. The molecule has 0 aliphatic heterocycles. The van der Waals surface area contributed by atoms with E-state index in [0.29, 0.717) is 0 Å². The fraction of sp³-hybridized carbons (Fsp3) is 0. The van der Waals surface area contributed by atoms with Gasteiger partial charge in [-0.25, -0.2) is 9.13 Å². The Kier molecular flexibility index (Phi) is 17.0. The molecular formula is H5CoFeNaO7P2. The summed E-state index contributed by atoms with van der Waals surface area (Å²) < 4.78 is 22.2. The third kappa shape index (κ3) is 22.8. The monoisotopic (exact) mass is 317 g/mol. The van der Waals surface area contributed by atoms with Crippen LogP contribution in [0.2, 0.25) is 0 Å². The summed E-state index contributed by atoms with van der Waals surface area (Å²) in [6, 6.07) is 0. The quantitative estimate of drug-likeness (QED) is 0.362. The first kappa shape index (κ1) is 23.8. The Morgan fingerprint density at radius 1 is 0.917 bits per heavy atom. The van der Waals surface area contributed by atoms with Crippen LogP contribution in [0.15, 0.2) is 0 Å². The molecule has 1 radical (unpaired) electrons. The maximum atomic E-state index is 9.63. The van der Waals surface area contributed by atoms with E-state index in [-0.39, 0.29) is 63.4 Å². The van der Waals surface area contributed by atoms with Gasteiger partial charge in [0.1, 0.15) is 0 Å². The van der Waals surface area contributed by atoms with Gasteiger partial charge in [-0.05, 0) is 0 Å². The molecular weight excluding hydrogens is 312 g/mol. The molecule has 0 rings (SSSR count). The Morgan fingerprint density at radius 2 is 1.08 bits per heavy atom. The summed E-state index contributed by atoms with van der Waals surface area (Å²) >= 11 is 0. The molecule has 0 saturated carbocycles. The van der Waals surface area contributed by atoms with E-state index in [1.54, 1.807) is 0 Å². The van der Waals surface area contributed by atoms with Crippen LogP contribution < -0.4 is 0 Å². The van der Waals surface area contributed by atoms with Crippen molar-refractivity contribution in [2.75, 3.05) is 0 Å². The summed E-state index contributed by atoms with van der Waals surface area (Å²) in [4.78, 5) is 31.0. The van der Waals surface area contributed by atoms with E-state index < -0.39 is 15.6 Å². The van der Waals surface area contributed by atoms with Gasteiger partial charge in [-0.2, -0.15) is 4.31 Å². The SMILES string of the molecule is O=P(O)(O)OP(=O)(O)O.[Co].[Fe].[NaH]. The van der Waals surface area contributed by atoms with Crippen LogP contribution in [0.4, 0.5) is 0 Å². The first-order chi connectivity index (χ1) is 3.71. The Morgan fingerprint density at radius 3 is 1.08 bits per heavy atom. The number of hydrogen-bond acceptors (Lipinski definition) is 3. The summed E-state index contributed by atoms with van der Waals surface area (Å²) in [5, 5.41) is 0. The summed E-state index contributed by atoms with van der Waals surface area (Å²) in [5.74, 6) is 0. The van der Waals surface area contributed by atoms with E-state index in [9.17, 15) is 9.13 Å². The standard InChI is InChI=1S/Co.Fe.Na.H4O7P2.H/c;;;1-8(2,3)7-9(4,5)6;/h;;;(H2,1,2,3)(H2,4,5,6);. The van der Waals surface area contributed by atoms with Crippen molar-refractivity contribution in [3.8, 4) is 0 Å². The van der Waals surface area contributed by atoms with Crippen LogP contribution in [-0.2, 0) is 47.3 Å². The van der Waals surface area contributed by atoms with Gasteiger partial charge in [-0.15, -0.1) is 0 Å². The van der Waals surface area contributed by atoms with Crippen LogP contribution in [0.5, 0.6) is 0 Å². The summed E-state index contributed by atoms with van der Waals surface area (Å²) in [6.07, 6.45) is 0. The Labute approximate surface area is 111 Å². The molecule has 0 bridgehead atoms. The van der Waals surface area contributed by atoms with E-state index in [4.69, 9.17) is 19.6 Å². The summed E-state index contributed by atoms with van der Waals surface area (Å²) in [5.41, 5.74) is 0. The topological polar surface area (TPSA) is 124 Å². The van der Waals surface area contributed by atoms with Crippen molar-refractivity contribution in [2.45, 2.75) is 0 Å². The molecule has 0 fully saturated rings.